The molecule has 2 aromatic rings. The van der Waals surface area contributed by atoms with Crippen molar-refractivity contribution in [2.75, 3.05) is 19.6 Å². The van der Waals surface area contributed by atoms with Crippen LogP contribution < -0.4 is 5.32 Å². The second-order valence-electron chi connectivity index (χ2n) is 6.02. The summed E-state index contributed by atoms with van der Waals surface area (Å²) >= 11 is 0. The van der Waals surface area contributed by atoms with Gasteiger partial charge < -0.3 is 5.32 Å². The Kier molecular flexibility index (Phi) is 6.95. The highest BCUT2D eigenvalue weighted by Gasteiger charge is 2.34. The topological polar surface area (TPSA) is 62.3 Å². The van der Waals surface area contributed by atoms with Crippen LogP contribution in [0.3, 0.4) is 0 Å². The van der Waals surface area contributed by atoms with Gasteiger partial charge in [-0.3, -0.25) is 4.98 Å². The van der Waals surface area contributed by atoms with Gasteiger partial charge in [0.1, 0.15) is 0 Å². The number of hydrogen-bond donors (Lipinski definition) is 1. The summed E-state index contributed by atoms with van der Waals surface area (Å²) in [6.07, 6.45) is 5.45. The first-order valence-corrected chi connectivity index (χ1v) is 9.78. The fourth-order valence-electron chi connectivity index (χ4n) is 3.08. The molecule has 1 atom stereocenters. The molecule has 3 rings (SSSR count). The third-order valence-corrected chi connectivity index (χ3v) is 6.25. The van der Waals surface area contributed by atoms with Gasteiger partial charge in [0, 0.05) is 32.0 Å². The zero-order valence-electron chi connectivity index (χ0n) is 14.3. The number of aromatic nitrogens is 1. The maximum absolute atomic E-state index is 13.1. The second kappa shape index (κ2) is 8.76. The van der Waals surface area contributed by atoms with E-state index in [4.69, 9.17) is 0 Å². The van der Waals surface area contributed by atoms with Crippen LogP contribution in [-0.2, 0) is 16.4 Å². The highest BCUT2D eigenvalue weighted by molar-refractivity contribution is 7.89. The van der Waals surface area contributed by atoms with Crippen LogP contribution in [0.25, 0.3) is 0 Å². The van der Waals surface area contributed by atoms with Crippen LogP contribution in [0.15, 0.2) is 53.7 Å². The number of hydrogen-bond acceptors (Lipinski definition) is 4. The fraction of sp³-hybridized carbons (Fsp3) is 0.389. The van der Waals surface area contributed by atoms with Crippen LogP contribution in [0.5, 0.6) is 0 Å². The molecule has 0 radical (unpaired) electrons. The summed E-state index contributed by atoms with van der Waals surface area (Å²) in [5.41, 5.74) is 2.08. The Bertz CT molecular complexity index is 767. The molecule has 1 aliphatic heterocycles. The minimum absolute atomic E-state index is 0. The number of pyridine rings is 1. The summed E-state index contributed by atoms with van der Waals surface area (Å²) < 4.78 is 27.8. The maximum Gasteiger partial charge on any atom is 0.243 e. The largest absolute Gasteiger partial charge is 0.313 e. The van der Waals surface area contributed by atoms with E-state index in [0.717, 1.165) is 18.4 Å². The Morgan fingerprint density at radius 3 is 2.64 bits per heavy atom. The number of piperazine rings is 1. The maximum atomic E-state index is 13.1. The van der Waals surface area contributed by atoms with Gasteiger partial charge in [0.2, 0.25) is 10.0 Å². The molecule has 1 saturated heterocycles. The Balaban J connectivity index is 0.00000225. The first-order chi connectivity index (χ1) is 11.6. The van der Waals surface area contributed by atoms with Crippen molar-refractivity contribution < 1.29 is 8.42 Å². The molecule has 5 nitrogen and oxygen atoms in total. The van der Waals surface area contributed by atoms with E-state index < -0.39 is 10.0 Å². The van der Waals surface area contributed by atoms with E-state index in [-0.39, 0.29) is 18.4 Å². The summed E-state index contributed by atoms with van der Waals surface area (Å²) in [7, 11) is -3.53. The number of sulfonamides is 1. The van der Waals surface area contributed by atoms with E-state index >= 15 is 0 Å². The number of benzene rings is 1. The summed E-state index contributed by atoms with van der Waals surface area (Å²) in [4.78, 5) is 4.49. The number of halogens is 1. The van der Waals surface area contributed by atoms with E-state index in [9.17, 15) is 8.42 Å². The minimum atomic E-state index is -3.53. The molecule has 0 amide bonds. The minimum Gasteiger partial charge on any atom is -0.313 e. The molecule has 0 saturated carbocycles. The molecule has 1 unspecified atom stereocenters. The summed E-state index contributed by atoms with van der Waals surface area (Å²) in [5, 5.41) is 3.28. The number of rotatable bonds is 5. The van der Waals surface area contributed by atoms with Crippen molar-refractivity contribution in [1.82, 2.24) is 14.6 Å². The molecule has 1 aliphatic rings. The first kappa shape index (κ1) is 19.8. The third kappa shape index (κ3) is 4.39. The average molecular weight is 382 g/mol. The van der Waals surface area contributed by atoms with Crippen LogP contribution in [0, 0.1) is 0 Å². The fourth-order valence-corrected chi connectivity index (χ4v) is 4.70. The van der Waals surface area contributed by atoms with Crippen LogP contribution in [-0.4, -0.2) is 37.3 Å². The van der Waals surface area contributed by atoms with Crippen LogP contribution in [0.1, 0.15) is 30.5 Å². The van der Waals surface area contributed by atoms with Gasteiger partial charge in [0.15, 0.2) is 0 Å². The van der Waals surface area contributed by atoms with Crippen molar-refractivity contribution in [3.8, 4) is 0 Å². The van der Waals surface area contributed by atoms with Gasteiger partial charge in [-0.25, -0.2) is 8.42 Å². The molecule has 0 bridgehead atoms. The lowest BCUT2D eigenvalue weighted by atomic mass is 10.1. The third-order valence-electron chi connectivity index (χ3n) is 4.33. The van der Waals surface area contributed by atoms with E-state index in [0.29, 0.717) is 24.5 Å². The zero-order chi connectivity index (χ0) is 17.0. The van der Waals surface area contributed by atoms with E-state index in [1.54, 1.807) is 28.8 Å². The molecule has 25 heavy (non-hydrogen) atoms. The molecular weight excluding hydrogens is 358 g/mol. The van der Waals surface area contributed by atoms with E-state index in [1.807, 2.05) is 24.3 Å². The SMILES string of the molecule is CCCc1ccc(S(=O)(=O)N2CCNCC2c2cccnc2)cc1.Cl. The van der Waals surface area contributed by atoms with E-state index in [2.05, 4.69) is 17.2 Å². The van der Waals surface area contributed by atoms with Crippen molar-refractivity contribution in [1.29, 1.82) is 0 Å². The van der Waals surface area contributed by atoms with Crippen molar-refractivity contribution in [3.63, 3.8) is 0 Å². The van der Waals surface area contributed by atoms with Crippen molar-refractivity contribution in [2.45, 2.75) is 30.7 Å². The monoisotopic (exact) mass is 381 g/mol. The Labute approximate surface area is 155 Å². The second-order valence-corrected chi connectivity index (χ2v) is 7.91. The van der Waals surface area contributed by atoms with Crippen LogP contribution in [0.4, 0.5) is 0 Å². The number of nitrogens with one attached hydrogen (secondary N) is 1. The highest BCUT2D eigenvalue weighted by atomic mass is 35.5. The van der Waals surface area contributed by atoms with Crippen molar-refractivity contribution in [3.05, 3.63) is 59.9 Å². The lowest BCUT2D eigenvalue weighted by Crippen LogP contribution is -2.48. The van der Waals surface area contributed by atoms with Gasteiger partial charge in [-0.15, -0.1) is 12.4 Å². The molecular formula is C18H24ClN3O2S. The molecule has 0 spiro atoms. The molecule has 1 fully saturated rings. The molecule has 7 heteroatoms. The predicted octanol–water partition coefficient (Wildman–Crippen LogP) is 2.79. The molecule has 1 N–H and O–H groups in total. The molecule has 136 valence electrons. The van der Waals surface area contributed by atoms with Crippen molar-refractivity contribution >= 4 is 22.4 Å². The lowest BCUT2D eigenvalue weighted by molar-refractivity contribution is 0.271. The van der Waals surface area contributed by atoms with Crippen molar-refractivity contribution in [2.24, 2.45) is 0 Å². The smallest absolute Gasteiger partial charge is 0.243 e. The van der Waals surface area contributed by atoms with Gasteiger partial charge in [-0.2, -0.15) is 4.31 Å². The Hall–Kier alpha value is -1.47. The highest BCUT2D eigenvalue weighted by Crippen LogP contribution is 2.28. The number of aryl methyl sites for hydroxylation is 1. The molecule has 1 aromatic heterocycles. The quantitative estimate of drug-likeness (QED) is 0.865. The normalized spacial score (nSPS) is 18.5. The standard InChI is InChI=1S/C18H23N3O2S.ClH/c1-2-4-15-6-8-17(9-7-15)24(22,23)21-12-11-20-14-18(21)16-5-3-10-19-13-16;/h3,5-10,13,18,20H,2,4,11-12,14H2,1H3;1H. The van der Waals surface area contributed by atoms with Crippen LogP contribution in [0.2, 0.25) is 0 Å². The zero-order valence-corrected chi connectivity index (χ0v) is 15.9. The first-order valence-electron chi connectivity index (χ1n) is 8.34. The molecule has 0 aliphatic carbocycles. The van der Waals surface area contributed by atoms with Gasteiger partial charge in [0.25, 0.3) is 0 Å². The summed E-state index contributed by atoms with van der Waals surface area (Å²) in [6, 6.07) is 10.8. The summed E-state index contributed by atoms with van der Waals surface area (Å²) in [6.45, 7) is 3.82. The van der Waals surface area contributed by atoms with E-state index in [1.165, 1.54) is 5.56 Å². The summed E-state index contributed by atoms with van der Waals surface area (Å²) in [5.74, 6) is 0. The Morgan fingerprint density at radius 2 is 2.00 bits per heavy atom. The molecule has 1 aromatic carbocycles. The van der Waals surface area contributed by atoms with Gasteiger partial charge >= 0.3 is 0 Å². The van der Waals surface area contributed by atoms with Gasteiger partial charge in [0.05, 0.1) is 10.9 Å². The predicted molar refractivity (Wildman–Crippen MR) is 101 cm³/mol. The number of nitrogens with zero attached hydrogens (tertiary/aromatic N) is 2. The van der Waals surface area contributed by atoms with Gasteiger partial charge in [-0.1, -0.05) is 31.5 Å². The lowest BCUT2D eigenvalue weighted by Gasteiger charge is -2.35. The van der Waals surface area contributed by atoms with Gasteiger partial charge in [-0.05, 0) is 35.7 Å². The molecule has 2 heterocycles. The Morgan fingerprint density at radius 1 is 1.24 bits per heavy atom. The average Bonchev–Trinajstić information content (AvgIpc) is 2.63. The van der Waals surface area contributed by atoms with Crippen LogP contribution >= 0.6 is 12.4 Å².